The Morgan fingerprint density at radius 3 is 3.00 bits per heavy atom. The summed E-state index contributed by atoms with van der Waals surface area (Å²) in [6.07, 6.45) is 2.58. The quantitative estimate of drug-likeness (QED) is 0.887. The highest BCUT2D eigenvalue weighted by molar-refractivity contribution is 5.01. The van der Waals surface area contributed by atoms with Crippen LogP contribution >= 0.6 is 0 Å². The molecule has 8 nitrogen and oxygen atoms in total. The molecule has 2 aromatic heterocycles. The lowest BCUT2D eigenvalue weighted by molar-refractivity contribution is 0.106. The van der Waals surface area contributed by atoms with Crippen molar-refractivity contribution in [1.29, 1.82) is 0 Å². The van der Waals surface area contributed by atoms with Gasteiger partial charge in [0.05, 0.1) is 18.7 Å². The van der Waals surface area contributed by atoms with Crippen molar-refractivity contribution in [3.63, 3.8) is 0 Å². The van der Waals surface area contributed by atoms with Crippen molar-refractivity contribution in [2.45, 2.75) is 44.9 Å². The maximum Gasteiger partial charge on any atom is 0.229 e. The molecule has 1 aliphatic heterocycles. The van der Waals surface area contributed by atoms with Crippen molar-refractivity contribution < 1.29 is 9.26 Å². The third-order valence-electron chi connectivity index (χ3n) is 3.77. The van der Waals surface area contributed by atoms with Crippen LogP contribution in [0.25, 0.3) is 0 Å². The van der Waals surface area contributed by atoms with Gasteiger partial charge in [-0.2, -0.15) is 10.1 Å². The van der Waals surface area contributed by atoms with Crippen molar-refractivity contribution in [2.75, 3.05) is 13.7 Å². The second-order valence-electron chi connectivity index (χ2n) is 5.61. The van der Waals surface area contributed by atoms with Crippen LogP contribution in [0.2, 0.25) is 0 Å². The number of aromatic nitrogens is 5. The predicted molar refractivity (Wildman–Crippen MR) is 73.3 cm³/mol. The summed E-state index contributed by atoms with van der Waals surface area (Å²) < 4.78 is 10.7. The highest BCUT2D eigenvalue weighted by atomic mass is 16.5. The number of H-pyrrole nitrogens is 1. The Morgan fingerprint density at radius 2 is 2.38 bits per heavy atom. The third-order valence-corrected chi connectivity index (χ3v) is 3.77. The Kier molecular flexibility index (Phi) is 3.98. The molecule has 0 aliphatic carbocycles. The van der Waals surface area contributed by atoms with Crippen LogP contribution in [0.5, 0.6) is 0 Å². The average molecular weight is 292 g/mol. The number of methoxy groups -OCH3 is 1. The minimum atomic E-state index is 0.137. The Labute approximate surface area is 122 Å². The van der Waals surface area contributed by atoms with Gasteiger partial charge in [0, 0.05) is 19.6 Å². The van der Waals surface area contributed by atoms with Gasteiger partial charge in [0.2, 0.25) is 5.89 Å². The van der Waals surface area contributed by atoms with Gasteiger partial charge in [-0.1, -0.05) is 19.0 Å². The fourth-order valence-electron chi connectivity index (χ4n) is 2.61. The SMILES string of the molecule is CO[C@@H]1C[C@@H](c2ncn[nH]2)N(Cc2noc(C(C)C)n2)C1. The molecule has 1 fully saturated rings. The standard InChI is InChI=1S/C13H20N6O2/c1-8(2)13-16-11(18-21-13)6-19-5-9(20-3)4-10(19)12-14-7-15-17-12/h7-10H,4-6H2,1-3H3,(H,14,15,17)/t9-,10+/m1/s1. The molecule has 0 spiro atoms. The minimum Gasteiger partial charge on any atom is -0.380 e. The lowest BCUT2D eigenvalue weighted by Crippen LogP contribution is -2.26. The molecule has 0 unspecified atom stereocenters. The van der Waals surface area contributed by atoms with Crippen LogP contribution in [0, 0.1) is 0 Å². The van der Waals surface area contributed by atoms with E-state index in [4.69, 9.17) is 9.26 Å². The molecular weight excluding hydrogens is 272 g/mol. The van der Waals surface area contributed by atoms with Gasteiger partial charge in [-0.25, -0.2) is 4.98 Å². The number of likely N-dealkylation sites (tertiary alicyclic amines) is 1. The Bertz CT molecular complexity index is 567. The number of nitrogens with one attached hydrogen (secondary N) is 1. The third kappa shape index (κ3) is 2.96. The summed E-state index contributed by atoms with van der Waals surface area (Å²) in [5, 5.41) is 10.9. The monoisotopic (exact) mass is 292 g/mol. The van der Waals surface area contributed by atoms with Crippen LogP contribution in [0.3, 0.4) is 0 Å². The van der Waals surface area contributed by atoms with Crippen molar-refractivity contribution in [3.8, 4) is 0 Å². The van der Waals surface area contributed by atoms with Crippen molar-refractivity contribution in [2.24, 2.45) is 0 Å². The van der Waals surface area contributed by atoms with E-state index in [1.165, 1.54) is 6.33 Å². The van der Waals surface area contributed by atoms with Gasteiger partial charge in [-0.15, -0.1) is 0 Å². The van der Waals surface area contributed by atoms with E-state index in [-0.39, 0.29) is 18.1 Å². The largest absolute Gasteiger partial charge is 0.380 e. The summed E-state index contributed by atoms with van der Waals surface area (Å²) in [7, 11) is 1.73. The van der Waals surface area contributed by atoms with Gasteiger partial charge in [-0.05, 0) is 6.42 Å². The second-order valence-corrected chi connectivity index (χ2v) is 5.61. The molecule has 1 saturated heterocycles. The summed E-state index contributed by atoms with van der Waals surface area (Å²) in [5.74, 6) is 2.45. The van der Waals surface area contributed by atoms with Crippen molar-refractivity contribution >= 4 is 0 Å². The number of rotatable bonds is 5. The van der Waals surface area contributed by atoms with Crippen LogP contribution in [0.1, 0.15) is 49.8 Å². The number of hydrogen-bond donors (Lipinski definition) is 1. The summed E-state index contributed by atoms with van der Waals surface area (Å²) in [4.78, 5) is 10.9. The fraction of sp³-hybridized carbons (Fsp3) is 0.692. The molecule has 2 atom stereocenters. The molecule has 1 N–H and O–H groups in total. The molecule has 3 rings (SSSR count). The first-order valence-corrected chi connectivity index (χ1v) is 7.12. The molecule has 1 aliphatic rings. The van der Waals surface area contributed by atoms with Gasteiger partial charge in [0.1, 0.15) is 12.2 Å². The van der Waals surface area contributed by atoms with Gasteiger partial charge in [-0.3, -0.25) is 10.00 Å². The molecule has 0 aromatic carbocycles. The van der Waals surface area contributed by atoms with Crippen LogP contribution in [0.4, 0.5) is 0 Å². The van der Waals surface area contributed by atoms with E-state index in [0.717, 1.165) is 18.8 Å². The first kappa shape index (κ1) is 14.2. The zero-order valence-corrected chi connectivity index (χ0v) is 12.5. The van der Waals surface area contributed by atoms with Crippen molar-refractivity contribution in [3.05, 3.63) is 23.9 Å². The maximum atomic E-state index is 5.48. The van der Waals surface area contributed by atoms with E-state index >= 15 is 0 Å². The summed E-state index contributed by atoms with van der Waals surface area (Å²) in [5.41, 5.74) is 0. The summed E-state index contributed by atoms with van der Waals surface area (Å²) >= 11 is 0. The van der Waals surface area contributed by atoms with Crippen LogP contribution in [0.15, 0.2) is 10.9 Å². The topological polar surface area (TPSA) is 93.0 Å². The number of nitrogens with zero attached hydrogens (tertiary/aromatic N) is 5. The maximum absolute atomic E-state index is 5.48. The number of ether oxygens (including phenoxy) is 1. The lowest BCUT2D eigenvalue weighted by atomic mass is 10.2. The Balaban J connectivity index is 1.75. The molecule has 3 heterocycles. The normalized spacial score (nSPS) is 23.2. The molecule has 2 aromatic rings. The van der Waals surface area contributed by atoms with Gasteiger partial charge < -0.3 is 9.26 Å². The molecule has 0 saturated carbocycles. The zero-order chi connectivity index (χ0) is 14.8. The molecule has 0 radical (unpaired) electrons. The van der Waals surface area contributed by atoms with Crippen LogP contribution in [-0.4, -0.2) is 50.0 Å². The van der Waals surface area contributed by atoms with E-state index in [0.29, 0.717) is 18.3 Å². The molecule has 114 valence electrons. The van der Waals surface area contributed by atoms with Crippen LogP contribution in [-0.2, 0) is 11.3 Å². The van der Waals surface area contributed by atoms with E-state index < -0.39 is 0 Å². The minimum absolute atomic E-state index is 0.137. The molecular formula is C13H20N6O2. The van der Waals surface area contributed by atoms with Gasteiger partial charge in [0.25, 0.3) is 0 Å². The fourth-order valence-corrected chi connectivity index (χ4v) is 2.61. The second kappa shape index (κ2) is 5.90. The van der Waals surface area contributed by atoms with E-state index in [1.807, 2.05) is 13.8 Å². The smallest absolute Gasteiger partial charge is 0.229 e. The Hall–Kier alpha value is -1.80. The van der Waals surface area contributed by atoms with E-state index in [2.05, 4.69) is 30.2 Å². The Morgan fingerprint density at radius 1 is 1.52 bits per heavy atom. The van der Waals surface area contributed by atoms with Gasteiger partial charge in [0.15, 0.2) is 5.82 Å². The van der Waals surface area contributed by atoms with E-state index in [9.17, 15) is 0 Å². The summed E-state index contributed by atoms with van der Waals surface area (Å²) in [6, 6.07) is 0.137. The number of hydrogen-bond acceptors (Lipinski definition) is 7. The molecule has 0 bridgehead atoms. The molecule has 0 amide bonds. The van der Waals surface area contributed by atoms with E-state index in [1.54, 1.807) is 7.11 Å². The highest BCUT2D eigenvalue weighted by Crippen LogP contribution is 2.32. The highest BCUT2D eigenvalue weighted by Gasteiger charge is 2.35. The lowest BCUT2D eigenvalue weighted by Gasteiger charge is -2.20. The van der Waals surface area contributed by atoms with Gasteiger partial charge >= 0.3 is 0 Å². The predicted octanol–water partition coefficient (Wildman–Crippen LogP) is 1.27. The van der Waals surface area contributed by atoms with Crippen molar-refractivity contribution in [1.82, 2.24) is 30.2 Å². The average Bonchev–Trinajstić information content (AvgIpc) is 3.18. The molecule has 8 heteroatoms. The first-order valence-electron chi connectivity index (χ1n) is 7.12. The summed E-state index contributed by atoms with van der Waals surface area (Å²) in [6.45, 7) is 5.49. The van der Waals surface area contributed by atoms with Crippen LogP contribution < -0.4 is 0 Å². The zero-order valence-electron chi connectivity index (χ0n) is 12.5. The molecule has 21 heavy (non-hydrogen) atoms. The number of aromatic amines is 1. The first-order chi connectivity index (χ1) is 10.2.